The molecular formula is C20H17N5O2S. The van der Waals surface area contributed by atoms with Crippen molar-refractivity contribution in [2.75, 3.05) is 5.43 Å². The number of aryl methyl sites for hydroxylation is 2. The Morgan fingerprint density at radius 3 is 2.46 bits per heavy atom. The lowest BCUT2D eigenvalue weighted by Crippen LogP contribution is -2.34. The maximum atomic E-state index is 12.2. The first kappa shape index (κ1) is 17.9. The molecule has 0 bridgehead atoms. The second-order valence-corrected chi connectivity index (χ2v) is 7.13. The number of rotatable bonds is 5. The summed E-state index contributed by atoms with van der Waals surface area (Å²) < 4.78 is 6.32. The van der Waals surface area contributed by atoms with Crippen LogP contribution in [-0.2, 0) is 0 Å². The van der Waals surface area contributed by atoms with Crippen molar-refractivity contribution >= 4 is 22.7 Å². The van der Waals surface area contributed by atoms with Crippen molar-refractivity contribution in [1.29, 1.82) is 0 Å². The molecule has 4 aromatic rings. The van der Waals surface area contributed by atoms with E-state index in [1.165, 1.54) is 21.6 Å². The molecular weight excluding hydrogens is 374 g/mol. The molecule has 7 nitrogen and oxygen atoms in total. The number of aromatic nitrogens is 3. The number of hydrogen-bond acceptors (Lipinski definition) is 7. The molecule has 0 aliphatic carbocycles. The molecule has 0 aliphatic rings. The summed E-state index contributed by atoms with van der Waals surface area (Å²) in [7, 11) is 0. The van der Waals surface area contributed by atoms with E-state index in [9.17, 15) is 5.11 Å². The van der Waals surface area contributed by atoms with E-state index in [4.69, 9.17) is 4.52 Å². The predicted molar refractivity (Wildman–Crippen MR) is 106 cm³/mol. The lowest BCUT2D eigenvalue weighted by atomic mass is 10.2. The number of nitrogens with zero attached hydrogens (tertiary/aromatic N) is 4. The van der Waals surface area contributed by atoms with Gasteiger partial charge in [-0.2, -0.15) is 5.10 Å². The number of nitrogens with one attached hydrogen (secondary N) is 1. The van der Waals surface area contributed by atoms with Gasteiger partial charge in [0.1, 0.15) is 0 Å². The first-order valence-electron chi connectivity index (χ1n) is 8.58. The van der Waals surface area contributed by atoms with Gasteiger partial charge in [-0.3, -0.25) is 5.43 Å². The summed E-state index contributed by atoms with van der Waals surface area (Å²) in [4.78, 5) is 4.44. The molecule has 0 saturated carbocycles. The molecule has 8 heteroatoms. The average Bonchev–Trinajstić information content (AvgIpc) is 3.30. The largest absolute Gasteiger partial charge is 0.539 e. The van der Waals surface area contributed by atoms with Crippen molar-refractivity contribution in [2.24, 2.45) is 5.10 Å². The summed E-state index contributed by atoms with van der Waals surface area (Å²) in [5.74, 6) is -0.541. The smallest absolute Gasteiger partial charge is 0.289 e. The van der Waals surface area contributed by atoms with Crippen molar-refractivity contribution in [3.8, 4) is 23.0 Å². The van der Waals surface area contributed by atoms with Crippen LogP contribution in [0, 0.1) is 13.8 Å². The normalized spacial score (nSPS) is 11.2. The van der Waals surface area contributed by atoms with Gasteiger partial charge in [0.2, 0.25) is 10.8 Å². The van der Waals surface area contributed by atoms with Crippen molar-refractivity contribution in [2.45, 2.75) is 13.8 Å². The van der Waals surface area contributed by atoms with Crippen molar-refractivity contribution < 1.29 is 14.3 Å². The third kappa shape index (κ3) is 3.77. The number of benzene rings is 2. The first-order valence-corrected chi connectivity index (χ1v) is 9.46. The Labute approximate surface area is 165 Å². The quantitative estimate of drug-likeness (QED) is 0.320. The molecule has 0 radical (unpaired) electrons. The highest BCUT2D eigenvalue weighted by atomic mass is 32.1. The highest BCUT2D eigenvalue weighted by Gasteiger charge is 2.24. The van der Waals surface area contributed by atoms with Crippen molar-refractivity contribution in [1.82, 2.24) is 10.3 Å². The van der Waals surface area contributed by atoms with Crippen LogP contribution < -0.4 is 15.2 Å². The van der Waals surface area contributed by atoms with Crippen LogP contribution in [0.2, 0.25) is 0 Å². The summed E-state index contributed by atoms with van der Waals surface area (Å²) in [6.07, 6.45) is 1.71. The standard InChI is InChI=1S/C20H17N5O2S/c1-13-3-7-15(8-4-13)11-21-23-20-22-17(12-28-20)18-19(26)27-24-25(18)16-9-5-14(2)6-10-16/h3-12H,1-2H3,(H-,22,23,24,26)/b21-11+. The minimum atomic E-state index is -0.541. The van der Waals surface area contributed by atoms with E-state index in [1.807, 2.05) is 62.4 Å². The Morgan fingerprint density at radius 2 is 1.75 bits per heavy atom. The molecule has 0 fully saturated rings. The average molecular weight is 391 g/mol. The third-order valence-electron chi connectivity index (χ3n) is 4.09. The van der Waals surface area contributed by atoms with Gasteiger partial charge in [-0.05, 0) is 24.1 Å². The molecule has 0 atom stereocenters. The molecule has 140 valence electrons. The Kier molecular flexibility index (Phi) is 4.86. The molecule has 4 rings (SSSR count). The molecule has 0 aliphatic heterocycles. The Balaban J connectivity index is 1.55. The van der Waals surface area contributed by atoms with Crippen molar-refractivity contribution in [3.05, 3.63) is 70.6 Å². The van der Waals surface area contributed by atoms with Crippen LogP contribution in [0.1, 0.15) is 16.7 Å². The second-order valence-electron chi connectivity index (χ2n) is 6.27. The SMILES string of the molecule is Cc1ccc(/C=N/Nc2nc(-c3c([O-])on[n+]3-c3ccc(C)cc3)cs2)cc1. The monoisotopic (exact) mass is 391 g/mol. The van der Waals surface area contributed by atoms with E-state index in [-0.39, 0.29) is 5.69 Å². The molecule has 0 amide bonds. The van der Waals surface area contributed by atoms with E-state index in [0.717, 1.165) is 16.8 Å². The van der Waals surface area contributed by atoms with Crippen LogP contribution in [0.5, 0.6) is 5.95 Å². The van der Waals surface area contributed by atoms with E-state index in [2.05, 4.69) is 20.8 Å². The number of hydrazone groups is 1. The summed E-state index contributed by atoms with van der Waals surface area (Å²) in [5, 5.41) is 22.6. The molecule has 0 spiro atoms. The molecule has 0 saturated heterocycles. The molecule has 2 aromatic carbocycles. The van der Waals surface area contributed by atoms with E-state index in [1.54, 1.807) is 11.6 Å². The third-order valence-corrected chi connectivity index (χ3v) is 4.83. The molecule has 0 unspecified atom stereocenters. The predicted octanol–water partition coefficient (Wildman–Crippen LogP) is 3.21. The van der Waals surface area contributed by atoms with Gasteiger partial charge in [-0.15, -0.1) is 11.3 Å². The van der Waals surface area contributed by atoms with E-state index >= 15 is 0 Å². The Hall–Kier alpha value is -3.52. The highest BCUT2D eigenvalue weighted by Crippen LogP contribution is 2.28. The maximum absolute atomic E-state index is 12.2. The van der Waals surface area contributed by atoms with E-state index < -0.39 is 5.95 Å². The topological polar surface area (TPSA) is 90.2 Å². The first-order chi connectivity index (χ1) is 13.6. The Bertz CT molecular complexity index is 1110. The summed E-state index contributed by atoms with van der Waals surface area (Å²) in [6.45, 7) is 4.03. The van der Waals surface area contributed by atoms with Crippen LogP contribution in [0.3, 0.4) is 0 Å². The zero-order valence-corrected chi connectivity index (χ0v) is 16.1. The fourth-order valence-electron chi connectivity index (χ4n) is 2.57. The van der Waals surface area contributed by atoms with Gasteiger partial charge >= 0.3 is 0 Å². The molecule has 28 heavy (non-hydrogen) atoms. The lowest BCUT2D eigenvalue weighted by Gasteiger charge is -1.96. The Morgan fingerprint density at radius 1 is 1.07 bits per heavy atom. The second kappa shape index (κ2) is 7.61. The van der Waals surface area contributed by atoms with Crippen LogP contribution >= 0.6 is 11.3 Å². The summed E-state index contributed by atoms with van der Waals surface area (Å²) in [5.41, 5.74) is 7.66. The van der Waals surface area contributed by atoms with Gasteiger partial charge in [0, 0.05) is 17.5 Å². The zero-order valence-electron chi connectivity index (χ0n) is 15.3. The number of thiazole rings is 1. The van der Waals surface area contributed by atoms with Crippen LogP contribution in [-0.4, -0.2) is 16.5 Å². The van der Waals surface area contributed by atoms with Gasteiger partial charge in [0.15, 0.2) is 11.6 Å². The molecule has 2 aromatic heterocycles. The molecule has 1 N–H and O–H groups in total. The minimum absolute atomic E-state index is 0.274. The van der Waals surface area contributed by atoms with Gasteiger partial charge < -0.3 is 9.63 Å². The lowest BCUT2D eigenvalue weighted by molar-refractivity contribution is -0.660. The molecule has 2 heterocycles. The van der Waals surface area contributed by atoms with Crippen LogP contribution in [0.15, 0.2) is 63.5 Å². The van der Waals surface area contributed by atoms with Gasteiger partial charge in [-0.25, -0.2) is 4.98 Å². The van der Waals surface area contributed by atoms with Crippen molar-refractivity contribution in [3.63, 3.8) is 0 Å². The highest BCUT2D eigenvalue weighted by molar-refractivity contribution is 7.14. The summed E-state index contributed by atoms with van der Waals surface area (Å²) >= 11 is 1.34. The minimum Gasteiger partial charge on any atom is -0.539 e. The van der Waals surface area contributed by atoms with E-state index in [0.29, 0.717) is 10.8 Å². The van der Waals surface area contributed by atoms with Gasteiger partial charge in [0.05, 0.1) is 11.5 Å². The summed E-state index contributed by atoms with van der Waals surface area (Å²) in [6, 6.07) is 15.6. The van der Waals surface area contributed by atoms with Gasteiger partial charge in [0.25, 0.3) is 5.69 Å². The number of hydrogen-bond donors (Lipinski definition) is 1. The fraction of sp³-hybridized carbons (Fsp3) is 0.100. The van der Waals surface area contributed by atoms with Crippen LogP contribution in [0.4, 0.5) is 5.13 Å². The number of anilines is 1. The van der Waals surface area contributed by atoms with Gasteiger partial charge in [-0.1, -0.05) is 47.5 Å². The fourth-order valence-corrected chi connectivity index (χ4v) is 3.22. The zero-order chi connectivity index (χ0) is 19.5. The van der Waals surface area contributed by atoms with Crippen LogP contribution in [0.25, 0.3) is 17.1 Å². The maximum Gasteiger partial charge on any atom is 0.289 e.